The molecule has 0 spiro atoms. The molecule has 0 saturated carbocycles. The van der Waals surface area contributed by atoms with E-state index in [4.69, 9.17) is 4.98 Å². The maximum Gasteiger partial charge on any atom is 0.137 e. The summed E-state index contributed by atoms with van der Waals surface area (Å²) in [6.45, 7) is 7.45. The lowest BCUT2D eigenvalue weighted by molar-refractivity contribution is 0.588. The van der Waals surface area contributed by atoms with Crippen molar-refractivity contribution in [2.24, 2.45) is 0 Å². The van der Waals surface area contributed by atoms with E-state index in [2.05, 4.69) is 217 Å². The Morgan fingerprint density at radius 1 is 0.509 bits per heavy atom. The zero-order valence-corrected chi connectivity index (χ0v) is 33.1. The zero-order chi connectivity index (χ0) is 38.5. The monoisotopic (exact) mass is 754 g/mol. The van der Waals surface area contributed by atoms with E-state index in [0.717, 1.165) is 22.5 Å². The first-order valence-electron chi connectivity index (χ1n) is 19.6. The predicted octanol–water partition coefficient (Wildman–Crippen LogP) is 14.2. The first-order chi connectivity index (χ1) is 27.9. The summed E-state index contributed by atoms with van der Waals surface area (Å²) in [5.41, 5.74) is 13.2. The molecule has 4 nitrogen and oxygen atoms in total. The molecule has 0 radical (unpaired) electrons. The van der Waals surface area contributed by atoms with Crippen LogP contribution in [0.1, 0.15) is 26.3 Å². The number of benzene rings is 7. The topological polar surface area (TPSA) is 24.3 Å². The standard InChI is InChI=1S/C52H42N4S/c1-52(2,3)38-30-31-53-50(32-38)56-46-25-11-10-22-44(46)45-29-28-41(34-49(45)56)57-40-21-14-20-39(33-40)54-35-55(48-27-13-12-26-47(48)54)51-42(36-16-6-4-7-17-36)23-15-24-43(51)37-18-8-5-9-19-37/h4-34H,35H2,1-3H3. The fraction of sp³-hybridized carbons (Fsp3) is 0.0962. The number of fused-ring (bicyclic) bond motifs is 4. The molecule has 9 aromatic rings. The van der Waals surface area contributed by atoms with Crippen LogP contribution in [-0.2, 0) is 5.41 Å². The van der Waals surface area contributed by atoms with Crippen LogP contribution in [0.3, 0.4) is 0 Å². The van der Waals surface area contributed by atoms with Gasteiger partial charge in [-0.2, -0.15) is 0 Å². The van der Waals surface area contributed by atoms with Crippen molar-refractivity contribution in [1.82, 2.24) is 9.55 Å². The Kier molecular flexibility index (Phi) is 8.68. The van der Waals surface area contributed by atoms with Gasteiger partial charge in [0.25, 0.3) is 0 Å². The zero-order valence-electron chi connectivity index (χ0n) is 32.3. The molecule has 0 bridgehead atoms. The molecule has 57 heavy (non-hydrogen) atoms. The Bertz CT molecular complexity index is 2850. The number of anilines is 4. The molecule has 276 valence electrons. The molecule has 0 atom stereocenters. The van der Waals surface area contributed by atoms with Crippen LogP contribution in [0.25, 0.3) is 49.9 Å². The van der Waals surface area contributed by atoms with Gasteiger partial charge in [0.1, 0.15) is 12.5 Å². The van der Waals surface area contributed by atoms with E-state index in [1.165, 1.54) is 65.4 Å². The van der Waals surface area contributed by atoms with Gasteiger partial charge in [-0.25, -0.2) is 4.98 Å². The van der Waals surface area contributed by atoms with Crippen molar-refractivity contribution < 1.29 is 0 Å². The van der Waals surface area contributed by atoms with Crippen LogP contribution in [0.5, 0.6) is 0 Å². The van der Waals surface area contributed by atoms with Gasteiger partial charge in [0.05, 0.1) is 28.1 Å². The molecule has 7 aromatic carbocycles. The van der Waals surface area contributed by atoms with Gasteiger partial charge in [0, 0.05) is 43.6 Å². The maximum atomic E-state index is 4.90. The Hall–Kier alpha value is -6.56. The maximum absolute atomic E-state index is 4.90. The van der Waals surface area contributed by atoms with Gasteiger partial charge in [-0.1, -0.05) is 154 Å². The van der Waals surface area contributed by atoms with Crippen LogP contribution in [-0.4, -0.2) is 16.2 Å². The molecule has 1 aliphatic rings. The van der Waals surface area contributed by atoms with E-state index >= 15 is 0 Å². The lowest BCUT2D eigenvalue weighted by atomic mass is 9.88. The second-order valence-corrected chi connectivity index (χ2v) is 16.9. The predicted molar refractivity (Wildman–Crippen MR) is 241 cm³/mol. The number of nitrogens with zero attached hydrogens (tertiary/aromatic N) is 4. The highest BCUT2D eigenvalue weighted by Gasteiger charge is 2.31. The fourth-order valence-electron chi connectivity index (χ4n) is 8.28. The van der Waals surface area contributed by atoms with Crippen LogP contribution in [0, 0.1) is 0 Å². The van der Waals surface area contributed by atoms with Crippen molar-refractivity contribution in [3.63, 3.8) is 0 Å². The van der Waals surface area contributed by atoms with Crippen molar-refractivity contribution in [3.8, 4) is 28.1 Å². The second-order valence-electron chi connectivity index (χ2n) is 15.7. The summed E-state index contributed by atoms with van der Waals surface area (Å²) in [6, 6.07) is 65.9. The summed E-state index contributed by atoms with van der Waals surface area (Å²) in [4.78, 5) is 12.2. The number of hydrogen-bond donors (Lipinski definition) is 0. The van der Waals surface area contributed by atoms with Gasteiger partial charge in [-0.15, -0.1) is 0 Å². The van der Waals surface area contributed by atoms with Crippen LogP contribution in [0.4, 0.5) is 22.7 Å². The summed E-state index contributed by atoms with van der Waals surface area (Å²) >= 11 is 1.80. The summed E-state index contributed by atoms with van der Waals surface area (Å²) in [7, 11) is 0. The molecule has 10 rings (SSSR count). The number of pyridine rings is 1. The molecule has 0 amide bonds. The fourth-order valence-corrected chi connectivity index (χ4v) is 9.19. The number of rotatable bonds is 7. The van der Waals surface area contributed by atoms with Crippen molar-refractivity contribution in [2.75, 3.05) is 16.5 Å². The molecular weight excluding hydrogens is 713 g/mol. The largest absolute Gasteiger partial charge is 0.321 e. The molecule has 5 heteroatoms. The smallest absolute Gasteiger partial charge is 0.137 e. The summed E-state index contributed by atoms with van der Waals surface area (Å²) in [6.07, 6.45) is 1.95. The minimum atomic E-state index is 0.0187. The van der Waals surface area contributed by atoms with E-state index in [-0.39, 0.29) is 5.41 Å². The molecule has 3 heterocycles. The van der Waals surface area contributed by atoms with E-state index < -0.39 is 0 Å². The Balaban J connectivity index is 1.03. The molecule has 0 saturated heterocycles. The average molecular weight is 755 g/mol. The van der Waals surface area contributed by atoms with Crippen LogP contribution in [0.2, 0.25) is 0 Å². The molecular formula is C52H42N4S. The Morgan fingerprint density at radius 3 is 1.84 bits per heavy atom. The average Bonchev–Trinajstić information content (AvgIpc) is 3.80. The van der Waals surface area contributed by atoms with Crippen molar-refractivity contribution >= 4 is 56.3 Å². The van der Waals surface area contributed by atoms with Crippen molar-refractivity contribution in [3.05, 3.63) is 194 Å². The third kappa shape index (κ3) is 6.34. The molecule has 0 unspecified atom stereocenters. The number of hydrogen-bond acceptors (Lipinski definition) is 4. The first-order valence-corrected chi connectivity index (χ1v) is 20.4. The van der Waals surface area contributed by atoms with E-state index in [0.29, 0.717) is 6.67 Å². The highest BCUT2D eigenvalue weighted by atomic mass is 32.2. The molecule has 2 aromatic heterocycles. The van der Waals surface area contributed by atoms with Crippen molar-refractivity contribution in [1.29, 1.82) is 0 Å². The highest BCUT2D eigenvalue weighted by molar-refractivity contribution is 7.99. The summed E-state index contributed by atoms with van der Waals surface area (Å²) in [5, 5.41) is 2.46. The van der Waals surface area contributed by atoms with Gasteiger partial charge < -0.3 is 9.80 Å². The summed E-state index contributed by atoms with van der Waals surface area (Å²) < 4.78 is 2.33. The molecule has 0 N–H and O–H groups in total. The van der Waals surface area contributed by atoms with E-state index in [9.17, 15) is 0 Å². The lowest BCUT2D eigenvalue weighted by Crippen LogP contribution is -2.25. The third-order valence-corrected chi connectivity index (χ3v) is 12.1. The van der Waals surface area contributed by atoms with Crippen LogP contribution >= 0.6 is 11.8 Å². The molecule has 0 fully saturated rings. The van der Waals surface area contributed by atoms with E-state index in [1.807, 2.05) is 6.20 Å². The van der Waals surface area contributed by atoms with Gasteiger partial charge in [-0.3, -0.25) is 4.57 Å². The van der Waals surface area contributed by atoms with Crippen LogP contribution < -0.4 is 9.80 Å². The molecule has 0 aliphatic carbocycles. The number of aromatic nitrogens is 2. The normalized spacial score (nSPS) is 12.8. The Morgan fingerprint density at radius 2 is 1.12 bits per heavy atom. The van der Waals surface area contributed by atoms with Gasteiger partial charge in [0.2, 0.25) is 0 Å². The quantitative estimate of drug-likeness (QED) is 0.162. The SMILES string of the molecule is CC(C)(C)c1ccnc(-n2c3ccccc3c3ccc(Sc4cccc(N5CN(c6c(-c7ccccc7)cccc6-c6ccccc6)c6ccccc65)c4)cc32)c1. The first kappa shape index (κ1) is 34.9. The van der Waals surface area contributed by atoms with E-state index in [1.54, 1.807) is 11.8 Å². The van der Waals surface area contributed by atoms with Crippen molar-refractivity contribution in [2.45, 2.75) is 36.0 Å². The van der Waals surface area contributed by atoms with Gasteiger partial charge in [-0.05, 0) is 82.8 Å². The van der Waals surface area contributed by atoms with Gasteiger partial charge in [0.15, 0.2) is 0 Å². The summed E-state index contributed by atoms with van der Waals surface area (Å²) in [5.74, 6) is 0.944. The second kappa shape index (κ2) is 14.2. The molecule has 1 aliphatic heterocycles. The minimum absolute atomic E-state index is 0.0187. The minimum Gasteiger partial charge on any atom is -0.321 e. The van der Waals surface area contributed by atoms with Crippen LogP contribution in [0.15, 0.2) is 198 Å². The van der Waals surface area contributed by atoms with Gasteiger partial charge >= 0.3 is 0 Å². The third-order valence-electron chi connectivity index (χ3n) is 11.1. The lowest BCUT2D eigenvalue weighted by Gasteiger charge is -2.27. The highest BCUT2D eigenvalue weighted by Crippen LogP contribution is 2.50. The Labute approximate surface area is 338 Å². The number of para-hydroxylation sites is 4.